The highest BCUT2D eigenvalue weighted by atomic mass is 16.5. The molecule has 0 saturated heterocycles. The van der Waals surface area contributed by atoms with E-state index in [0.29, 0.717) is 19.8 Å². The van der Waals surface area contributed by atoms with Gasteiger partial charge in [0.15, 0.2) is 0 Å². The second kappa shape index (κ2) is 6.34. The van der Waals surface area contributed by atoms with E-state index >= 15 is 0 Å². The van der Waals surface area contributed by atoms with Gasteiger partial charge >= 0.3 is 0 Å². The maximum Gasteiger partial charge on any atom is 0.235 e. The molecule has 0 fully saturated rings. The Hall–Kier alpha value is -0.660. The zero-order valence-corrected chi connectivity index (χ0v) is 4.59. The first-order valence-electron chi connectivity index (χ1n) is 2.32. The number of ether oxygens (including phenoxy) is 1. The lowest BCUT2D eigenvalue weighted by molar-refractivity contribution is 0.169. The zero-order valence-electron chi connectivity index (χ0n) is 4.59. The summed E-state index contributed by atoms with van der Waals surface area (Å²) >= 11 is 0. The number of rotatable bonds is 4. The predicted molar refractivity (Wildman–Crippen MR) is 29.2 cm³/mol. The summed E-state index contributed by atoms with van der Waals surface area (Å²) in [6.45, 7) is 4.69. The molecule has 0 aliphatic heterocycles. The topological polar surface area (TPSA) is 38.7 Å². The highest BCUT2D eigenvalue weighted by Crippen LogP contribution is 1.71. The summed E-state index contributed by atoms with van der Waals surface area (Å²) < 4.78 is 4.75. The normalized spacial score (nSPS) is 8.12. The first-order valence-corrected chi connectivity index (χ1v) is 2.32. The number of hydrogen-bond donors (Lipinski definition) is 0. The number of hydrogen-bond acceptors (Lipinski definition) is 3. The van der Waals surface area contributed by atoms with E-state index in [9.17, 15) is 4.79 Å². The van der Waals surface area contributed by atoms with Crippen molar-refractivity contribution in [3.8, 4) is 0 Å². The highest BCUT2D eigenvalue weighted by molar-refractivity contribution is 5.32. The van der Waals surface area contributed by atoms with Gasteiger partial charge in [-0.3, -0.25) is 0 Å². The minimum atomic E-state index is 0.388. The van der Waals surface area contributed by atoms with Crippen molar-refractivity contribution in [2.45, 2.75) is 0 Å². The Labute approximate surface area is 48.4 Å². The predicted octanol–water partition coefficient (Wildman–Crippen LogP) is 0.173. The molecule has 0 rings (SSSR count). The Kier molecular flexibility index (Phi) is 5.82. The number of nitrogens with zero attached hydrogens (tertiary/aromatic N) is 1. The van der Waals surface area contributed by atoms with Crippen molar-refractivity contribution in [2.75, 3.05) is 19.8 Å². The third-order valence-electron chi connectivity index (χ3n) is 0.556. The summed E-state index contributed by atoms with van der Waals surface area (Å²) in [4.78, 5) is 12.7. The Balaban J connectivity index is 2.82. The molecule has 0 bridgehead atoms. The van der Waals surface area contributed by atoms with Gasteiger partial charge in [-0.2, -0.15) is 0 Å². The minimum absolute atomic E-state index is 0.388. The van der Waals surface area contributed by atoms with Crippen LogP contribution in [0.5, 0.6) is 0 Å². The average Bonchev–Trinajstić information content (AvgIpc) is 1.81. The standard InChI is InChI=1S/C5H8NO2/c1-2-8-4-3-6-5-7/h1-4H2. The zero-order chi connectivity index (χ0) is 6.24. The minimum Gasteiger partial charge on any atom is -0.379 e. The molecular weight excluding hydrogens is 106 g/mol. The Morgan fingerprint density at radius 1 is 1.75 bits per heavy atom. The molecule has 0 aromatic carbocycles. The van der Waals surface area contributed by atoms with Crippen LogP contribution in [0.15, 0.2) is 4.99 Å². The first-order chi connectivity index (χ1) is 3.91. The van der Waals surface area contributed by atoms with Crippen molar-refractivity contribution in [1.82, 2.24) is 0 Å². The molecule has 45 valence electrons. The molecule has 0 aliphatic carbocycles. The maximum absolute atomic E-state index is 9.41. The van der Waals surface area contributed by atoms with E-state index in [1.54, 1.807) is 0 Å². The monoisotopic (exact) mass is 114 g/mol. The Morgan fingerprint density at radius 3 is 3.00 bits per heavy atom. The Bertz CT molecular complexity index is 86.4. The smallest absolute Gasteiger partial charge is 0.235 e. The molecule has 0 heterocycles. The van der Waals surface area contributed by atoms with Crippen molar-refractivity contribution < 1.29 is 9.53 Å². The van der Waals surface area contributed by atoms with Gasteiger partial charge in [0.2, 0.25) is 6.08 Å². The van der Waals surface area contributed by atoms with E-state index in [0.717, 1.165) is 0 Å². The van der Waals surface area contributed by atoms with Gasteiger partial charge in [-0.05, 0) is 6.92 Å². The van der Waals surface area contributed by atoms with E-state index in [-0.39, 0.29) is 0 Å². The van der Waals surface area contributed by atoms with Gasteiger partial charge in [0.05, 0.1) is 13.2 Å². The Morgan fingerprint density at radius 2 is 2.50 bits per heavy atom. The fraction of sp³-hybridized carbons (Fsp3) is 0.600. The van der Waals surface area contributed by atoms with Crippen molar-refractivity contribution in [3.63, 3.8) is 0 Å². The van der Waals surface area contributed by atoms with Crippen molar-refractivity contribution in [1.29, 1.82) is 0 Å². The van der Waals surface area contributed by atoms with Gasteiger partial charge in [-0.25, -0.2) is 9.79 Å². The van der Waals surface area contributed by atoms with Crippen LogP contribution in [-0.4, -0.2) is 25.8 Å². The van der Waals surface area contributed by atoms with Crippen LogP contribution in [-0.2, 0) is 9.53 Å². The third kappa shape index (κ3) is 5.34. The van der Waals surface area contributed by atoms with E-state index in [1.165, 1.54) is 6.08 Å². The molecule has 0 aromatic heterocycles. The highest BCUT2D eigenvalue weighted by Gasteiger charge is 1.78. The fourth-order valence-electron chi connectivity index (χ4n) is 0.258. The van der Waals surface area contributed by atoms with Crippen LogP contribution in [0, 0.1) is 6.92 Å². The lowest BCUT2D eigenvalue weighted by atomic mass is 10.7. The molecule has 0 amide bonds. The van der Waals surface area contributed by atoms with Gasteiger partial charge in [-0.15, -0.1) is 0 Å². The van der Waals surface area contributed by atoms with E-state index < -0.39 is 0 Å². The molecule has 0 atom stereocenters. The maximum atomic E-state index is 9.41. The van der Waals surface area contributed by atoms with Crippen molar-refractivity contribution >= 4 is 6.08 Å². The molecular formula is C5H8NO2. The largest absolute Gasteiger partial charge is 0.379 e. The summed E-state index contributed by atoms with van der Waals surface area (Å²) in [5, 5.41) is 0. The molecule has 8 heavy (non-hydrogen) atoms. The molecule has 3 nitrogen and oxygen atoms in total. The van der Waals surface area contributed by atoms with Crippen molar-refractivity contribution in [2.24, 2.45) is 4.99 Å². The van der Waals surface area contributed by atoms with Crippen molar-refractivity contribution in [3.05, 3.63) is 6.92 Å². The van der Waals surface area contributed by atoms with E-state index in [4.69, 9.17) is 4.74 Å². The van der Waals surface area contributed by atoms with Crippen LogP contribution in [0.1, 0.15) is 0 Å². The molecule has 3 heteroatoms. The number of aliphatic imine (C=N–C) groups is 1. The summed E-state index contributed by atoms with van der Waals surface area (Å²) in [5.41, 5.74) is 0. The van der Waals surface area contributed by atoms with Gasteiger partial charge < -0.3 is 4.74 Å². The van der Waals surface area contributed by atoms with E-state index in [2.05, 4.69) is 11.9 Å². The second-order valence-electron chi connectivity index (χ2n) is 1.09. The number of isocyanates is 1. The molecule has 0 unspecified atom stereocenters. The molecule has 1 radical (unpaired) electrons. The molecule has 0 saturated carbocycles. The molecule has 0 spiro atoms. The number of carbonyl (C=O) groups excluding carboxylic acids is 1. The van der Waals surface area contributed by atoms with Crippen LogP contribution in [0.2, 0.25) is 0 Å². The quantitative estimate of drug-likeness (QED) is 0.297. The van der Waals surface area contributed by atoms with Gasteiger partial charge in [0.1, 0.15) is 0 Å². The molecule has 0 aliphatic rings. The van der Waals surface area contributed by atoms with Gasteiger partial charge in [0.25, 0.3) is 0 Å². The average molecular weight is 114 g/mol. The van der Waals surface area contributed by atoms with Crippen LogP contribution >= 0.6 is 0 Å². The van der Waals surface area contributed by atoms with E-state index in [1.807, 2.05) is 0 Å². The summed E-state index contributed by atoms with van der Waals surface area (Å²) in [5.74, 6) is 0. The summed E-state index contributed by atoms with van der Waals surface area (Å²) in [6, 6.07) is 0. The molecule has 0 aromatic rings. The molecule has 0 N–H and O–H groups in total. The second-order valence-corrected chi connectivity index (χ2v) is 1.09. The summed E-state index contributed by atoms with van der Waals surface area (Å²) in [7, 11) is 0. The van der Waals surface area contributed by atoms with Gasteiger partial charge in [-0.1, -0.05) is 0 Å². The van der Waals surface area contributed by atoms with Crippen LogP contribution < -0.4 is 0 Å². The van der Waals surface area contributed by atoms with Gasteiger partial charge in [0, 0.05) is 6.61 Å². The fourth-order valence-corrected chi connectivity index (χ4v) is 0.258. The summed E-state index contributed by atoms with van der Waals surface area (Å²) in [6.07, 6.45) is 1.40. The lowest BCUT2D eigenvalue weighted by Crippen LogP contribution is -1.96. The van der Waals surface area contributed by atoms with Crippen LogP contribution in [0.3, 0.4) is 0 Å². The lowest BCUT2D eigenvalue weighted by Gasteiger charge is -1.91. The van der Waals surface area contributed by atoms with Crippen LogP contribution in [0.25, 0.3) is 0 Å². The van der Waals surface area contributed by atoms with Crippen LogP contribution in [0.4, 0.5) is 0 Å². The first kappa shape index (κ1) is 7.34. The SMILES string of the molecule is [CH2]COCCN=C=O. The third-order valence-corrected chi connectivity index (χ3v) is 0.556.